The van der Waals surface area contributed by atoms with Crippen LogP contribution >= 0.6 is 0 Å². The quantitative estimate of drug-likeness (QED) is 0.606. The standard InChI is InChI=1S/C27H32N2O6/c1-34-24(31)15-8-16(25(32)35-2)10-17(9-15)29-23(30)12-28-26(33)27-11-14-4-19-18-3-13(6-21(19)27)7-22(27)20(18)5-14/h8-10,13-14,18-22H,3-7,11-12H2,1-2H3,(H,28,33)(H,29,30)/t13?,14?,18?,19-,20+,21+,22-,27?. The van der Waals surface area contributed by atoms with Gasteiger partial charge in [-0.3, -0.25) is 9.59 Å². The van der Waals surface area contributed by atoms with E-state index >= 15 is 0 Å². The minimum atomic E-state index is -0.633. The summed E-state index contributed by atoms with van der Waals surface area (Å²) in [7, 11) is 2.48. The fraction of sp³-hybridized carbons (Fsp3) is 0.630. The number of methoxy groups -OCH3 is 2. The number of carbonyl (C=O) groups excluding carboxylic acids is 4. The molecule has 7 saturated carbocycles. The molecule has 4 unspecified atom stereocenters. The lowest BCUT2D eigenvalue weighted by Crippen LogP contribution is -2.71. The summed E-state index contributed by atoms with van der Waals surface area (Å²) in [4.78, 5) is 50.6. The molecule has 1 aromatic carbocycles. The van der Waals surface area contributed by atoms with Crippen LogP contribution in [0.5, 0.6) is 0 Å². The van der Waals surface area contributed by atoms with Crippen LogP contribution in [0.2, 0.25) is 0 Å². The molecule has 1 aromatic rings. The smallest absolute Gasteiger partial charge is 0.337 e. The Hall–Kier alpha value is -2.90. The van der Waals surface area contributed by atoms with Crippen LogP contribution < -0.4 is 10.6 Å². The summed E-state index contributed by atoms with van der Waals surface area (Å²) in [6.45, 7) is -0.150. The summed E-state index contributed by atoms with van der Waals surface area (Å²) in [6, 6.07) is 4.23. The van der Waals surface area contributed by atoms with Crippen LogP contribution in [0.4, 0.5) is 5.69 Å². The van der Waals surface area contributed by atoms with E-state index in [9.17, 15) is 19.2 Å². The van der Waals surface area contributed by atoms with Crippen molar-refractivity contribution in [3.05, 3.63) is 29.3 Å². The van der Waals surface area contributed by atoms with Crippen LogP contribution in [0.25, 0.3) is 0 Å². The highest BCUT2D eigenvalue weighted by Crippen LogP contribution is 2.75. The Morgan fingerprint density at radius 1 is 0.829 bits per heavy atom. The number of rotatable bonds is 6. The first-order valence-corrected chi connectivity index (χ1v) is 12.7. The van der Waals surface area contributed by atoms with Gasteiger partial charge in [-0.25, -0.2) is 9.59 Å². The first kappa shape index (κ1) is 22.6. The zero-order valence-corrected chi connectivity index (χ0v) is 20.2. The van der Waals surface area contributed by atoms with Gasteiger partial charge in [0.15, 0.2) is 0 Å². The zero-order valence-electron chi connectivity index (χ0n) is 20.2. The molecule has 2 amide bonds. The minimum Gasteiger partial charge on any atom is -0.465 e. The van der Waals surface area contributed by atoms with Crippen LogP contribution in [0.1, 0.15) is 59.2 Å². The summed E-state index contributed by atoms with van der Waals surface area (Å²) in [6.07, 6.45) is 7.28. The van der Waals surface area contributed by atoms with Crippen LogP contribution in [0.3, 0.4) is 0 Å². The second-order valence-corrected chi connectivity index (χ2v) is 11.4. The third-order valence-electron chi connectivity index (χ3n) is 9.97. The van der Waals surface area contributed by atoms with E-state index in [0.29, 0.717) is 29.6 Å². The molecule has 7 aliphatic rings. The lowest BCUT2D eigenvalue weighted by atomic mass is 9.30. The molecule has 0 saturated heterocycles. The van der Waals surface area contributed by atoms with Gasteiger partial charge in [-0.2, -0.15) is 0 Å². The highest BCUT2D eigenvalue weighted by molar-refractivity contribution is 6.00. The summed E-state index contributed by atoms with van der Waals surface area (Å²) in [5.41, 5.74) is 0.205. The van der Waals surface area contributed by atoms with Gasteiger partial charge in [0.1, 0.15) is 0 Å². The Kier molecular flexibility index (Phi) is 5.20. The SMILES string of the molecule is COC(=O)c1cc(NC(=O)CNC(=O)C23CC4C[C@@H]5C6CC(C[C@@H]2[C@H]6C4)C[C@@H]53)cc(C(=O)OC)c1. The number of nitrogens with one attached hydrogen (secondary N) is 2. The van der Waals surface area contributed by atoms with E-state index in [2.05, 4.69) is 10.6 Å². The largest absolute Gasteiger partial charge is 0.465 e. The first-order valence-electron chi connectivity index (χ1n) is 12.7. The predicted molar refractivity (Wildman–Crippen MR) is 125 cm³/mol. The Bertz CT molecular complexity index is 1060. The molecule has 7 fully saturated rings. The normalized spacial score (nSPS) is 37.1. The zero-order chi connectivity index (χ0) is 24.5. The van der Waals surface area contributed by atoms with Crippen molar-refractivity contribution < 1.29 is 28.7 Å². The van der Waals surface area contributed by atoms with Crippen molar-refractivity contribution in [1.82, 2.24) is 5.32 Å². The number of hydrogen-bond acceptors (Lipinski definition) is 6. The predicted octanol–water partition coefficient (Wildman–Crippen LogP) is 3.02. The van der Waals surface area contributed by atoms with Crippen molar-refractivity contribution in [3.8, 4) is 0 Å². The van der Waals surface area contributed by atoms with Gasteiger partial charge >= 0.3 is 11.9 Å². The summed E-state index contributed by atoms with van der Waals surface area (Å²) in [5.74, 6) is 2.97. The van der Waals surface area contributed by atoms with Gasteiger partial charge in [0.25, 0.3) is 0 Å². The van der Waals surface area contributed by atoms with Crippen LogP contribution in [0.15, 0.2) is 18.2 Å². The second-order valence-electron chi connectivity index (χ2n) is 11.4. The van der Waals surface area contributed by atoms with Gasteiger partial charge in [0, 0.05) is 5.69 Å². The van der Waals surface area contributed by atoms with Crippen molar-refractivity contribution in [2.24, 2.45) is 46.8 Å². The van der Waals surface area contributed by atoms with Crippen LogP contribution in [0, 0.1) is 46.8 Å². The van der Waals surface area contributed by atoms with Crippen LogP contribution in [-0.4, -0.2) is 44.5 Å². The molecule has 186 valence electrons. The third kappa shape index (κ3) is 3.32. The van der Waals surface area contributed by atoms with E-state index in [0.717, 1.165) is 18.3 Å². The van der Waals surface area contributed by atoms with Crippen molar-refractivity contribution in [2.45, 2.75) is 38.5 Å². The molecule has 8 heteroatoms. The molecule has 0 radical (unpaired) electrons. The highest BCUT2D eigenvalue weighted by Gasteiger charge is 2.72. The maximum absolute atomic E-state index is 13.7. The van der Waals surface area contributed by atoms with E-state index in [4.69, 9.17) is 9.47 Å². The number of carbonyl (C=O) groups is 4. The summed E-state index contributed by atoms with van der Waals surface area (Å²) >= 11 is 0. The van der Waals surface area contributed by atoms with E-state index < -0.39 is 17.8 Å². The van der Waals surface area contributed by atoms with E-state index in [1.807, 2.05) is 0 Å². The molecule has 0 spiro atoms. The number of benzene rings is 1. The maximum Gasteiger partial charge on any atom is 0.337 e. The number of hydrogen-bond donors (Lipinski definition) is 2. The van der Waals surface area contributed by atoms with Crippen molar-refractivity contribution >= 4 is 29.4 Å². The molecule has 2 N–H and O–H groups in total. The van der Waals surface area contributed by atoms with Crippen molar-refractivity contribution in [1.29, 1.82) is 0 Å². The Morgan fingerprint density at radius 2 is 1.40 bits per heavy atom. The fourth-order valence-electron chi connectivity index (χ4n) is 9.09. The molecule has 8 nitrogen and oxygen atoms in total. The van der Waals surface area contributed by atoms with Gasteiger partial charge in [-0.1, -0.05) is 0 Å². The Balaban J connectivity index is 1.16. The molecule has 0 aromatic heterocycles. The van der Waals surface area contributed by atoms with Gasteiger partial charge in [0.05, 0.1) is 37.3 Å². The Labute approximate surface area is 204 Å². The average Bonchev–Trinajstić information content (AvgIpc) is 2.88. The molecule has 0 aliphatic heterocycles. The van der Waals surface area contributed by atoms with E-state index in [-0.39, 0.29) is 34.7 Å². The van der Waals surface area contributed by atoms with Gasteiger partial charge < -0.3 is 20.1 Å². The number of ether oxygens (including phenoxy) is 2. The average molecular weight is 481 g/mol. The second kappa shape index (κ2) is 8.07. The van der Waals surface area contributed by atoms with E-state index in [1.54, 1.807) is 0 Å². The lowest BCUT2D eigenvalue weighted by molar-refractivity contribution is -0.248. The van der Waals surface area contributed by atoms with Gasteiger partial charge in [-0.05, 0) is 98.1 Å². The molecular weight excluding hydrogens is 448 g/mol. The Morgan fingerprint density at radius 3 is 1.97 bits per heavy atom. The summed E-state index contributed by atoms with van der Waals surface area (Å²) < 4.78 is 9.49. The molecule has 35 heavy (non-hydrogen) atoms. The lowest BCUT2D eigenvalue weighted by Gasteiger charge is -2.73. The molecule has 7 aliphatic carbocycles. The molecule has 8 bridgehead atoms. The minimum absolute atomic E-state index is 0.0550. The molecule has 8 rings (SSSR count). The van der Waals surface area contributed by atoms with E-state index in [1.165, 1.54) is 64.5 Å². The van der Waals surface area contributed by atoms with Gasteiger partial charge in [-0.15, -0.1) is 0 Å². The highest BCUT2D eigenvalue weighted by atomic mass is 16.5. The summed E-state index contributed by atoms with van der Waals surface area (Å²) in [5, 5.41) is 5.69. The van der Waals surface area contributed by atoms with Crippen LogP contribution in [-0.2, 0) is 19.1 Å². The topological polar surface area (TPSA) is 111 Å². The van der Waals surface area contributed by atoms with Gasteiger partial charge in [0.2, 0.25) is 11.8 Å². The molecular formula is C27H32N2O6. The van der Waals surface area contributed by atoms with Crippen molar-refractivity contribution in [3.63, 3.8) is 0 Å². The monoisotopic (exact) mass is 480 g/mol. The molecule has 8 atom stereocenters. The molecule has 0 heterocycles. The number of anilines is 1. The maximum atomic E-state index is 13.7. The third-order valence-corrected chi connectivity index (χ3v) is 9.97. The number of esters is 2. The van der Waals surface area contributed by atoms with Crippen molar-refractivity contribution in [2.75, 3.05) is 26.1 Å². The first-order chi connectivity index (χ1) is 16.8. The number of amides is 2. The fourth-order valence-corrected chi connectivity index (χ4v) is 9.09.